The van der Waals surface area contributed by atoms with Gasteiger partial charge in [0, 0.05) is 12.7 Å². The number of nitrogens with zero attached hydrogens (tertiary/aromatic N) is 1. The van der Waals surface area contributed by atoms with Crippen molar-refractivity contribution in [3.05, 3.63) is 66.0 Å². The molecule has 1 aromatic heterocycles. The standard InChI is InChI=1S/C16H17N3O2/c20-15(18-11-13-6-2-1-3-7-13)10-16(21)19-12-14-8-4-5-9-17-14/h1-9H,10-12H2,(H,18,20)(H,19,21). The molecule has 2 rings (SSSR count). The van der Waals surface area contributed by atoms with Crippen LogP contribution in [0.25, 0.3) is 0 Å². The highest BCUT2D eigenvalue weighted by Crippen LogP contribution is 1.97. The summed E-state index contributed by atoms with van der Waals surface area (Å²) in [5.41, 5.74) is 1.76. The fraction of sp³-hybridized carbons (Fsp3) is 0.188. The lowest BCUT2D eigenvalue weighted by Crippen LogP contribution is -2.31. The molecule has 0 bridgehead atoms. The molecule has 0 saturated heterocycles. The number of rotatable bonds is 6. The number of hydrogen-bond donors (Lipinski definition) is 2. The highest BCUT2D eigenvalue weighted by Gasteiger charge is 2.08. The maximum atomic E-state index is 11.7. The molecule has 0 radical (unpaired) electrons. The minimum absolute atomic E-state index is 0.181. The van der Waals surface area contributed by atoms with Gasteiger partial charge in [-0.1, -0.05) is 36.4 Å². The van der Waals surface area contributed by atoms with Gasteiger partial charge in [0.2, 0.25) is 11.8 Å². The highest BCUT2D eigenvalue weighted by atomic mass is 16.2. The van der Waals surface area contributed by atoms with Crippen molar-refractivity contribution in [2.45, 2.75) is 19.5 Å². The Morgan fingerprint density at radius 3 is 2.19 bits per heavy atom. The van der Waals surface area contributed by atoms with Gasteiger partial charge in [0.1, 0.15) is 6.42 Å². The summed E-state index contributed by atoms with van der Waals surface area (Å²) in [6, 6.07) is 15.0. The number of carbonyl (C=O) groups excluding carboxylic acids is 2. The van der Waals surface area contributed by atoms with Crippen molar-refractivity contribution in [2.75, 3.05) is 0 Å². The van der Waals surface area contributed by atoms with Crippen molar-refractivity contribution < 1.29 is 9.59 Å². The van der Waals surface area contributed by atoms with E-state index in [0.29, 0.717) is 13.1 Å². The van der Waals surface area contributed by atoms with Crippen LogP contribution in [0.15, 0.2) is 54.7 Å². The van der Waals surface area contributed by atoms with Gasteiger partial charge in [-0.25, -0.2) is 0 Å². The molecule has 0 aliphatic heterocycles. The van der Waals surface area contributed by atoms with Crippen LogP contribution in [0.3, 0.4) is 0 Å². The molecule has 0 spiro atoms. The lowest BCUT2D eigenvalue weighted by Gasteiger charge is -2.06. The van der Waals surface area contributed by atoms with Gasteiger partial charge in [0.15, 0.2) is 0 Å². The predicted molar refractivity (Wildman–Crippen MR) is 79.0 cm³/mol. The van der Waals surface area contributed by atoms with Gasteiger partial charge in [-0.2, -0.15) is 0 Å². The molecule has 0 atom stereocenters. The number of carbonyl (C=O) groups is 2. The molecule has 0 aliphatic rings. The van der Waals surface area contributed by atoms with E-state index in [1.807, 2.05) is 48.5 Å². The summed E-state index contributed by atoms with van der Waals surface area (Å²) < 4.78 is 0. The SMILES string of the molecule is O=C(CC(=O)NCc1ccccn1)NCc1ccccc1. The minimum atomic E-state index is -0.314. The summed E-state index contributed by atoms with van der Waals surface area (Å²) in [7, 11) is 0. The van der Waals surface area contributed by atoms with E-state index in [2.05, 4.69) is 15.6 Å². The topological polar surface area (TPSA) is 71.1 Å². The van der Waals surface area contributed by atoms with Gasteiger partial charge < -0.3 is 10.6 Å². The van der Waals surface area contributed by atoms with Crippen LogP contribution in [0, 0.1) is 0 Å². The maximum absolute atomic E-state index is 11.7. The molecule has 0 unspecified atom stereocenters. The zero-order valence-corrected chi connectivity index (χ0v) is 11.6. The first kappa shape index (κ1) is 14.7. The van der Waals surface area contributed by atoms with Crippen LogP contribution in [-0.4, -0.2) is 16.8 Å². The Morgan fingerprint density at radius 2 is 1.52 bits per heavy atom. The summed E-state index contributed by atoms with van der Waals surface area (Å²) in [6.45, 7) is 0.749. The summed E-state index contributed by atoms with van der Waals surface area (Å²) in [4.78, 5) is 27.4. The Labute approximate surface area is 123 Å². The Morgan fingerprint density at radius 1 is 0.857 bits per heavy atom. The number of hydrogen-bond acceptors (Lipinski definition) is 3. The molecule has 0 fully saturated rings. The van der Waals surface area contributed by atoms with Crippen molar-refractivity contribution in [2.24, 2.45) is 0 Å². The van der Waals surface area contributed by atoms with Gasteiger partial charge in [-0.3, -0.25) is 14.6 Å². The second kappa shape index (κ2) is 7.79. The Balaban J connectivity index is 1.69. The van der Waals surface area contributed by atoms with Gasteiger partial charge in [-0.15, -0.1) is 0 Å². The summed E-state index contributed by atoms with van der Waals surface area (Å²) in [5.74, 6) is -0.608. The zero-order chi connectivity index (χ0) is 14.9. The third-order valence-corrected chi connectivity index (χ3v) is 2.85. The number of amides is 2. The number of nitrogens with one attached hydrogen (secondary N) is 2. The first-order valence-electron chi connectivity index (χ1n) is 6.71. The van der Waals surface area contributed by atoms with Crippen molar-refractivity contribution in [1.82, 2.24) is 15.6 Å². The molecule has 108 valence electrons. The Bertz CT molecular complexity index is 531. The first-order chi connectivity index (χ1) is 10.2. The summed E-state index contributed by atoms with van der Waals surface area (Å²) >= 11 is 0. The molecule has 0 aliphatic carbocycles. The Kier molecular flexibility index (Phi) is 5.46. The molecule has 2 N–H and O–H groups in total. The van der Waals surface area contributed by atoms with E-state index in [4.69, 9.17) is 0 Å². The van der Waals surface area contributed by atoms with E-state index in [-0.39, 0.29) is 18.2 Å². The second-order valence-corrected chi connectivity index (χ2v) is 4.54. The number of aromatic nitrogens is 1. The molecule has 21 heavy (non-hydrogen) atoms. The monoisotopic (exact) mass is 283 g/mol. The molecule has 5 nitrogen and oxygen atoms in total. The van der Waals surface area contributed by atoms with Crippen LogP contribution in [0.2, 0.25) is 0 Å². The van der Waals surface area contributed by atoms with Gasteiger partial charge >= 0.3 is 0 Å². The first-order valence-corrected chi connectivity index (χ1v) is 6.71. The fourth-order valence-electron chi connectivity index (χ4n) is 1.76. The fourth-order valence-corrected chi connectivity index (χ4v) is 1.76. The molecule has 1 aromatic carbocycles. The third kappa shape index (κ3) is 5.44. The van der Waals surface area contributed by atoms with E-state index >= 15 is 0 Å². The van der Waals surface area contributed by atoms with E-state index in [0.717, 1.165) is 11.3 Å². The Hall–Kier alpha value is -2.69. The zero-order valence-electron chi connectivity index (χ0n) is 11.6. The van der Waals surface area contributed by atoms with Crippen molar-refractivity contribution in [1.29, 1.82) is 0 Å². The average Bonchev–Trinajstić information content (AvgIpc) is 2.53. The quantitative estimate of drug-likeness (QED) is 0.787. The van der Waals surface area contributed by atoms with Crippen LogP contribution in [0.1, 0.15) is 17.7 Å². The highest BCUT2D eigenvalue weighted by molar-refractivity contribution is 5.96. The van der Waals surface area contributed by atoms with E-state index in [1.165, 1.54) is 0 Å². The van der Waals surface area contributed by atoms with Crippen LogP contribution < -0.4 is 10.6 Å². The second-order valence-electron chi connectivity index (χ2n) is 4.54. The third-order valence-electron chi connectivity index (χ3n) is 2.85. The number of benzene rings is 1. The van der Waals surface area contributed by atoms with Crippen molar-refractivity contribution >= 4 is 11.8 Å². The summed E-state index contributed by atoms with van der Waals surface area (Å²) in [5, 5.41) is 5.38. The molecule has 2 aromatic rings. The van der Waals surface area contributed by atoms with E-state index in [1.54, 1.807) is 6.20 Å². The normalized spacial score (nSPS) is 9.90. The van der Waals surface area contributed by atoms with Gasteiger partial charge in [0.25, 0.3) is 0 Å². The van der Waals surface area contributed by atoms with Crippen LogP contribution in [-0.2, 0) is 22.7 Å². The number of pyridine rings is 1. The molecular weight excluding hydrogens is 266 g/mol. The smallest absolute Gasteiger partial charge is 0.229 e. The van der Waals surface area contributed by atoms with E-state index < -0.39 is 0 Å². The van der Waals surface area contributed by atoms with Gasteiger partial charge in [0.05, 0.1) is 12.2 Å². The van der Waals surface area contributed by atoms with Crippen molar-refractivity contribution in [3.8, 4) is 0 Å². The van der Waals surface area contributed by atoms with Crippen LogP contribution >= 0.6 is 0 Å². The van der Waals surface area contributed by atoms with Crippen LogP contribution in [0.5, 0.6) is 0 Å². The van der Waals surface area contributed by atoms with Gasteiger partial charge in [-0.05, 0) is 17.7 Å². The van der Waals surface area contributed by atoms with Crippen LogP contribution in [0.4, 0.5) is 0 Å². The molecular formula is C16H17N3O2. The lowest BCUT2D eigenvalue weighted by molar-refractivity contribution is -0.129. The molecule has 5 heteroatoms. The summed E-state index contributed by atoms with van der Waals surface area (Å²) in [6.07, 6.45) is 1.48. The lowest BCUT2D eigenvalue weighted by atomic mass is 10.2. The molecule has 1 heterocycles. The predicted octanol–water partition coefficient (Wildman–Crippen LogP) is 1.40. The molecule has 0 saturated carbocycles. The molecule has 2 amide bonds. The largest absolute Gasteiger partial charge is 0.352 e. The average molecular weight is 283 g/mol. The maximum Gasteiger partial charge on any atom is 0.229 e. The van der Waals surface area contributed by atoms with E-state index in [9.17, 15) is 9.59 Å². The van der Waals surface area contributed by atoms with Crippen molar-refractivity contribution in [3.63, 3.8) is 0 Å². The minimum Gasteiger partial charge on any atom is -0.352 e.